The Kier molecular flexibility index (Phi) is 2.69. The van der Waals surface area contributed by atoms with Crippen molar-refractivity contribution >= 4 is 0 Å². The largest absolute Gasteiger partial charge is 0.821 e. The summed E-state index contributed by atoms with van der Waals surface area (Å²) in [7, 11) is 0. The minimum atomic E-state index is -1.75. The number of hydrogen-bond acceptors (Lipinski definition) is 2. The minimum Gasteiger partial charge on any atom is -0.821 e. The Morgan fingerprint density at radius 2 is 1.89 bits per heavy atom. The zero-order valence-electron chi connectivity index (χ0n) is 5.93. The molecular weight excluding hydrogens is 116 g/mol. The van der Waals surface area contributed by atoms with Crippen LogP contribution in [0.15, 0.2) is 0 Å². The Labute approximate surface area is 55.5 Å². The Balaban J connectivity index is 3.88. The van der Waals surface area contributed by atoms with Crippen molar-refractivity contribution in [1.29, 1.82) is 0 Å². The lowest BCUT2D eigenvalue weighted by Crippen LogP contribution is -2.22. The molecule has 1 atom stereocenters. The molecule has 0 spiro atoms. The summed E-state index contributed by atoms with van der Waals surface area (Å²) in [6, 6.07) is 0. The molecule has 0 radical (unpaired) electrons. The van der Waals surface area contributed by atoms with Gasteiger partial charge in [0.1, 0.15) is 0 Å². The van der Waals surface area contributed by atoms with Gasteiger partial charge in [-0.25, -0.2) is 0 Å². The van der Waals surface area contributed by atoms with E-state index in [0.717, 1.165) is 0 Å². The second-order valence-electron chi connectivity index (χ2n) is 2.87. The summed E-state index contributed by atoms with van der Waals surface area (Å²) < 4.78 is 0. The summed E-state index contributed by atoms with van der Waals surface area (Å²) in [6.45, 7) is 5.63. The Morgan fingerprint density at radius 3 is 2.00 bits per heavy atom. The number of rotatable bonds is 0. The first-order chi connectivity index (χ1) is 3.92. The fourth-order valence-corrected chi connectivity index (χ4v) is 0.278. The molecule has 0 rings (SSSR count). The van der Waals surface area contributed by atoms with E-state index in [2.05, 4.69) is 11.8 Å². The van der Waals surface area contributed by atoms with Gasteiger partial charge < -0.3 is 10.2 Å². The molecule has 0 saturated heterocycles. The van der Waals surface area contributed by atoms with Crippen LogP contribution in [0.25, 0.3) is 0 Å². The first-order valence-corrected chi connectivity index (χ1v) is 2.78. The summed E-state index contributed by atoms with van der Waals surface area (Å²) in [5.74, 6) is 4.74. The van der Waals surface area contributed by atoms with Crippen LogP contribution in [0.1, 0.15) is 20.8 Å². The number of hydrogen-bond donors (Lipinski definition) is 1. The van der Waals surface area contributed by atoms with Crippen molar-refractivity contribution in [3.8, 4) is 11.8 Å². The molecule has 0 fully saturated rings. The Bertz CT molecular complexity index is 131. The molecule has 0 aliphatic carbocycles. The lowest BCUT2D eigenvalue weighted by Gasteiger charge is -2.10. The van der Waals surface area contributed by atoms with Gasteiger partial charge in [-0.05, 0) is 20.8 Å². The van der Waals surface area contributed by atoms with Crippen LogP contribution in [-0.4, -0.2) is 11.4 Å². The van der Waals surface area contributed by atoms with E-state index in [4.69, 9.17) is 5.11 Å². The second kappa shape index (κ2) is 2.86. The third-order valence-corrected chi connectivity index (χ3v) is 0.571. The van der Waals surface area contributed by atoms with E-state index in [9.17, 15) is 5.11 Å². The zero-order valence-corrected chi connectivity index (χ0v) is 5.93. The van der Waals surface area contributed by atoms with Crippen molar-refractivity contribution < 1.29 is 10.2 Å². The zero-order chi connectivity index (χ0) is 7.49. The number of aliphatic hydroxyl groups excluding tert-OH is 1. The molecule has 2 heteroatoms. The van der Waals surface area contributed by atoms with Crippen LogP contribution >= 0.6 is 0 Å². The van der Waals surface area contributed by atoms with E-state index < -0.39 is 6.29 Å². The highest BCUT2D eigenvalue weighted by atomic mass is 16.5. The molecule has 0 saturated carbocycles. The van der Waals surface area contributed by atoms with Gasteiger partial charge in [-0.3, -0.25) is 0 Å². The van der Waals surface area contributed by atoms with Gasteiger partial charge in [0.25, 0.3) is 0 Å². The maximum atomic E-state index is 9.96. The number of aliphatic hydroxyl groups is 1. The van der Waals surface area contributed by atoms with E-state index >= 15 is 0 Å². The molecular formula is C7H11O2-. The molecule has 0 bridgehead atoms. The van der Waals surface area contributed by atoms with E-state index in [0.29, 0.717) is 0 Å². The van der Waals surface area contributed by atoms with Gasteiger partial charge in [-0.1, -0.05) is 11.8 Å². The van der Waals surface area contributed by atoms with Gasteiger partial charge >= 0.3 is 0 Å². The highest BCUT2D eigenvalue weighted by molar-refractivity contribution is 5.08. The van der Waals surface area contributed by atoms with Crippen LogP contribution in [0, 0.1) is 17.3 Å². The smallest absolute Gasteiger partial charge is 0.0423 e. The van der Waals surface area contributed by atoms with E-state index in [1.54, 1.807) is 0 Å². The van der Waals surface area contributed by atoms with Crippen molar-refractivity contribution in [2.45, 2.75) is 27.1 Å². The van der Waals surface area contributed by atoms with Gasteiger partial charge in [0.2, 0.25) is 0 Å². The molecule has 1 N–H and O–H groups in total. The molecule has 0 amide bonds. The molecule has 2 nitrogen and oxygen atoms in total. The van der Waals surface area contributed by atoms with Crippen molar-refractivity contribution in [3.63, 3.8) is 0 Å². The summed E-state index contributed by atoms with van der Waals surface area (Å²) in [6.07, 6.45) is -1.75. The van der Waals surface area contributed by atoms with Gasteiger partial charge in [-0.15, -0.1) is 0 Å². The highest BCUT2D eigenvalue weighted by Gasteiger charge is 2.02. The van der Waals surface area contributed by atoms with Crippen LogP contribution < -0.4 is 5.11 Å². The monoisotopic (exact) mass is 127 g/mol. The SMILES string of the molecule is CC(C)(C)C#CC([O-])O. The van der Waals surface area contributed by atoms with Crippen molar-refractivity contribution in [2.24, 2.45) is 5.41 Å². The molecule has 52 valence electrons. The summed E-state index contributed by atoms with van der Waals surface area (Å²) >= 11 is 0. The first-order valence-electron chi connectivity index (χ1n) is 2.78. The van der Waals surface area contributed by atoms with Gasteiger partial charge in [0, 0.05) is 11.7 Å². The van der Waals surface area contributed by atoms with Gasteiger partial charge in [-0.2, -0.15) is 0 Å². The molecule has 0 aromatic carbocycles. The molecule has 1 unspecified atom stereocenters. The predicted molar refractivity (Wildman–Crippen MR) is 33.2 cm³/mol. The fourth-order valence-electron chi connectivity index (χ4n) is 0.278. The lowest BCUT2D eigenvalue weighted by atomic mass is 9.98. The topological polar surface area (TPSA) is 43.3 Å². The first kappa shape index (κ1) is 8.48. The average Bonchev–Trinajstić information content (AvgIpc) is 1.59. The van der Waals surface area contributed by atoms with Crippen LogP contribution in [0.2, 0.25) is 0 Å². The van der Waals surface area contributed by atoms with Crippen molar-refractivity contribution in [3.05, 3.63) is 0 Å². The Morgan fingerprint density at radius 1 is 1.44 bits per heavy atom. The van der Waals surface area contributed by atoms with Crippen LogP contribution in [0.3, 0.4) is 0 Å². The van der Waals surface area contributed by atoms with Crippen molar-refractivity contribution in [2.75, 3.05) is 0 Å². The fraction of sp³-hybridized carbons (Fsp3) is 0.714. The molecule has 0 aromatic rings. The molecule has 9 heavy (non-hydrogen) atoms. The summed E-state index contributed by atoms with van der Waals surface area (Å²) in [5, 5.41) is 18.1. The van der Waals surface area contributed by atoms with Crippen LogP contribution in [0.4, 0.5) is 0 Å². The van der Waals surface area contributed by atoms with E-state index in [1.165, 1.54) is 0 Å². The minimum absolute atomic E-state index is 0.189. The maximum absolute atomic E-state index is 9.96. The normalized spacial score (nSPS) is 13.9. The van der Waals surface area contributed by atoms with E-state index in [-0.39, 0.29) is 5.41 Å². The van der Waals surface area contributed by atoms with E-state index in [1.807, 2.05) is 20.8 Å². The van der Waals surface area contributed by atoms with Crippen molar-refractivity contribution in [1.82, 2.24) is 0 Å². The third-order valence-electron chi connectivity index (χ3n) is 0.571. The van der Waals surface area contributed by atoms with Crippen LogP contribution in [-0.2, 0) is 0 Å². The third kappa shape index (κ3) is 7.48. The predicted octanol–water partition coefficient (Wildman–Crippen LogP) is -0.285. The Hall–Kier alpha value is -0.520. The molecule has 0 heterocycles. The van der Waals surface area contributed by atoms with Crippen LogP contribution in [0.5, 0.6) is 0 Å². The van der Waals surface area contributed by atoms with Gasteiger partial charge in [0.15, 0.2) is 0 Å². The molecule has 0 aliphatic rings. The summed E-state index contributed by atoms with van der Waals surface area (Å²) in [5.41, 5.74) is -0.189. The maximum Gasteiger partial charge on any atom is 0.0423 e. The lowest BCUT2D eigenvalue weighted by molar-refractivity contribution is -0.459. The second-order valence-corrected chi connectivity index (χ2v) is 2.87. The highest BCUT2D eigenvalue weighted by Crippen LogP contribution is 2.09. The standard InChI is InChI=1S/C7H11O2/c1-7(2,3)5-4-6(8)9/h6,8H,1-3H3/q-1. The molecule has 0 aromatic heterocycles. The average molecular weight is 127 g/mol. The molecule has 0 aliphatic heterocycles. The quantitative estimate of drug-likeness (QED) is 0.359. The van der Waals surface area contributed by atoms with Gasteiger partial charge in [0.05, 0.1) is 0 Å². The summed E-state index contributed by atoms with van der Waals surface area (Å²) in [4.78, 5) is 0.